The molecule has 4 rings (SSSR count). The van der Waals surface area contributed by atoms with Crippen LogP contribution in [0.4, 0.5) is 5.69 Å². The maximum Gasteiger partial charge on any atom is 0.142 e. The number of fused-ring (bicyclic) bond motifs is 1. The molecule has 1 saturated heterocycles. The van der Waals surface area contributed by atoms with Crippen molar-refractivity contribution in [1.29, 1.82) is 0 Å². The number of hydrogen-bond donors (Lipinski definition) is 2. The zero-order chi connectivity index (χ0) is 28.9. The third-order valence-electron chi connectivity index (χ3n) is 7.75. The van der Waals surface area contributed by atoms with Crippen molar-refractivity contribution in [2.75, 3.05) is 78.3 Å². The first-order chi connectivity index (χ1) is 20.1. The van der Waals surface area contributed by atoms with Gasteiger partial charge in [0.2, 0.25) is 0 Å². The van der Waals surface area contributed by atoms with Crippen LogP contribution in [0.3, 0.4) is 0 Å². The largest absolute Gasteiger partial charge is 0.490 e. The molecule has 0 radical (unpaired) electrons. The van der Waals surface area contributed by atoms with Crippen molar-refractivity contribution in [2.45, 2.75) is 57.2 Å². The summed E-state index contributed by atoms with van der Waals surface area (Å²) in [5.74, 6) is 0.944. The van der Waals surface area contributed by atoms with Crippen LogP contribution in [-0.4, -0.2) is 96.9 Å². The van der Waals surface area contributed by atoms with E-state index in [0.717, 1.165) is 60.8 Å². The summed E-state index contributed by atoms with van der Waals surface area (Å²) in [6, 6.07) is 14.9. The fourth-order valence-corrected chi connectivity index (χ4v) is 5.38. The molecule has 41 heavy (non-hydrogen) atoms. The lowest BCUT2D eigenvalue weighted by Gasteiger charge is -2.39. The fraction of sp³-hybridized carbons (Fsp3) is 0.625. The first kappa shape index (κ1) is 31.7. The maximum absolute atomic E-state index is 10.2. The molecule has 1 unspecified atom stereocenters. The summed E-state index contributed by atoms with van der Waals surface area (Å²) >= 11 is 0. The Bertz CT molecular complexity index is 1020. The normalized spacial score (nSPS) is 21.4. The quantitative estimate of drug-likeness (QED) is 0.276. The number of rotatable bonds is 17. The Morgan fingerprint density at radius 1 is 0.951 bits per heavy atom. The maximum atomic E-state index is 10.2. The van der Waals surface area contributed by atoms with Gasteiger partial charge in [-0.1, -0.05) is 37.3 Å². The monoisotopic (exact) mass is 572 g/mol. The Kier molecular flexibility index (Phi) is 13.2. The minimum absolute atomic E-state index is 0.0234. The minimum Gasteiger partial charge on any atom is -0.490 e. The van der Waals surface area contributed by atoms with E-state index in [1.54, 1.807) is 14.2 Å². The number of aliphatic hydroxyl groups is 1. The van der Waals surface area contributed by atoms with Crippen LogP contribution in [0.25, 0.3) is 0 Å². The van der Waals surface area contributed by atoms with Gasteiger partial charge < -0.3 is 43.7 Å². The Hall–Kier alpha value is -2.24. The lowest BCUT2D eigenvalue weighted by atomic mass is 9.85. The van der Waals surface area contributed by atoms with Crippen LogP contribution in [-0.2, 0) is 36.9 Å². The van der Waals surface area contributed by atoms with Crippen LogP contribution >= 0.6 is 0 Å². The summed E-state index contributed by atoms with van der Waals surface area (Å²) < 4.78 is 34.8. The molecule has 228 valence electrons. The highest BCUT2D eigenvalue weighted by Gasteiger charge is 2.36. The number of benzene rings is 2. The van der Waals surface area contributed by atoms with Gasteiger partial charge in [-0.05, 0) is 41.7 Å². The van der Waals surface area contributed by atoms with E-state index in [1.807, 2.05) is 6.92 Å². The third kappa shape index (κ3) is 9.38. The average Bonchev–Trinajstić information content (AvgIpc) is 3.01. The molecule has 2 heterocycles. The summed E-state index contributed by atoms with van der Waals surface area (Å²) in [5.41, 5.74) is 4.50. The van der Waals surface area contributed by atoms with Gasteiger partial charge >= 0.3 is 0 Å². The summed E-state index contributed by atoms with van der Waals surface area (Å²) in [6.45, 7) is 9.10. The fourth-order valence-electron chi connectivity index (χ4n) is 5.38. The summed E-state index contributed by atoms with van der Waals surface area (Å²) in [6.07, 6.45) is 0.937. The first-order valence-electron chi connectivity index (χ1n) is 14.9. The third-order valence-corrected chi connectivity index (χ3v) is 7.75. The minimum atomic E-state index is -0.479. The van der Waals surface area contributed by atoms with Crippen LogP contribution in [0, 0.1) is 0 Å². The Balaban J connectivity index is 1.46. The first-order valence-corrected chi connectivity index (χ1v) is 14.9. The molecule has 2 aliphatic rings. The van der Waals surface area contributed by atoms with Crippen molar-refractivity contribution >= 4 is 5.69 Å². The number of aliphatic hydroxyl groups excluding tert-OH is 1. The molecule has 2 N–H and O–H groups in total. The molecule has 9 nitrogen and oxygen atoms in total. The molecular weight excluding hydrogens is 524 g/mol. The van der Waals surface area contributed by atoms with E-state index in [2.05, 4.69) is 52.7 Å². The van der Waals surface area contributed by atoms with E-state index in [4.69, 9.17) is 28.4 Å². The lowest BCUT2D eigenvalue weighted by molar-refractivity contribution is -0.0777. The van der Waals surface area contributed by atoms with Gasteiger partial charge in [0, 0.05) is 46.4 Å². The van der Waals surface area contributed by atoms with Crippen LogP contribution in [0.2, 0.25) is 0 Å². The summed E-state index contributed by atoms with van der Waals surface area (Å²) in [7, 11) is 3.41. The zero-order valence-electron chi connectivity index (χ0n) is 24.9. The number of ether oxygens (including phenoxy) is 6. The van der Waals surface area contributed by atoms with Crippen LogP contribution < -0.4 is 15.0 Å². The van der Waals surface area contributed by atoms with Crippen molar-refractivity contribution in [2.24, 2.45) is 0 Å². The van der Waals surface area contributed by atoms with Crippen LogP contribution in [0.5, 0.6) is 5.75 Å². The van der Waals surface area contributed by atoms with Crippen molar-refractivity contribution < 1.29 is 33.5 Å². The molecule has 0 aliphatic carbocycles. The van der Waals surface area contributed by atoms with E-state index >= 15 is 0 Å². The number of piperidine rings is 1. The van der Waals surface area contributed by atoms with E-state index in [0.29, 0.717) is 52.6 Å². The molecule has 4 atom stereocenters. The summed E-state index contributed by atoms with van der Waals surface area (Å²) in [4.78, 5) is 2.37. The SMILES string of the molecule is CCC(O)CO[C@@H]1CNC[C@H](OCc2ccc3c(c2)N(CCCOC)CCO3)[C@H]1c1ccc(COCCOC)cc1. The van der Waals surface area contributed by atoms with Crippen LogP contribution in [0.1, 0.15) is 42.4 Å². The second-order valence-corrected chi connectivity index (χ2v) is 10.7. The Labute approximate surface area is 245 Å². The van der Waals surface area contributed by atoms with Crippen molar-refractivity contribution in [3.63, 3.8) is 0 Å². The predicted molar refractivity (Wildman–Crippen MR) is 159 cm³/mol. The van der Waals surface area contributed by atoms with Crippen molar-refractivity contribution in [3.8, 4) is 5.75 Å². The highest BCUT2D eigenvalue weighted by molar-refractivity contribution is 5.61. The Morgan fingerprint density at radius 3 is 2.46 bits per heavy atom. The number of nitrogens with zero attached hydrogens (tertiary/aromatic N) is 1. The molecule has 9 heteroatoms. The van der Waals surface area contributed by atoms with Crippen LogP contribution in [0.15, 0.2) is 42.5 Å². The molecule has 0 aromatic heterocycles. The molecule has 2 aliphatic heterocycles. The van der Waals surface area contributed by atoms with E-state index in [1.165, 1.54) is 0 Å². The molecule has 0 spiro atoms. The molecule has 2 aromatic rings. The zero-order valence-corrected chi connectivity index (χ0v) is 24.9. The van der Waals surface area contributed by atoms with Gasteiger partial charge in [0.15, 0.2) is 0 Å². The van der Waals surface area contributed by atoms with Gasteiger partial charge in [0.05, 0.1) is 63.6 Å². The van der Waals surface area contributed by atoms with Gasteiger partial charge in [0.1, 0.15) is 12.4 Å². The average molecular weight is 573 g/mol. The number of hydrogen-bond acceptors (Lipinski definition) is 9. The topological polar surface area (TPSA) is 90.9 Å². The van der Waals surface area contributed by atoms with Crippen molar-refractivity contribution in [1.82, 2.24) is 5.32 Å². The molecule has 0 amide bonds. The predicted octanol–water partition coefficient (Wildman–Crippen LogP) is 3.51. The second kappa shape index (κ2) is 17.0. The second-order valence-electron chi connectivity index (χ2n) is 10.7. The van der Waals surface area contributed by atoms with E-state index in [9.17, 15) is 5.11 Å². The van der Waals surface area contributed by atoms with Gasteiger partial charge in [0.25, 0.3) is 0 Å². The lowest BCUT2D eigenvalue weighted by Crippen LogP contribution is -2.51. The number of nitrogens with one attached hydrogen (secondary N) is 1. The molecule has 2 aromatic carbocycles. The summed E-state index contributed by atoms with van der Waals surface area (Å²) in [5, 5.41) is 13.7. The van der Waals surface area contributed by atoms with Gasteiger partial charge in [-0.2, -0.15) is 0 Å². The standard InChI is InChI=1S/C32H48N2O7/c1-4-27(35)23-41-31-20-33-19-30(32(31)26-9-6-24(7-10-26)21-38-17-16-37-3)40-22-25-8-11-29-28(18-25)34(13-15-39-29)12-5-14-36-2/h6-11,18,27,30-33,35H,4-5,12-17,19-23H2,1-3H3/t27?,30-,31+,32+/m0/s1. The molecule has 0 saturated carbocycles. The highest BCUT2D eigenvalue weighted by atomic mass is 16.5. The number of anilines is 1. The molecule has 0 bridgehead atoms. The Morgan fingerprint density at radius 2 is 1.71 bits per heavy atom. The van der Waals surface area contributed by atoms with Crippen molar-refractivity contribution in [3.05, 3.63) is 59.2 Å². The highest BCUT2D eigenvalue weighted by Crippen LogP contribution is 2.34. The van der Waals surface area contributed by atoms with E-state index < -0.39 is 6.10 Å². The van der Waals surface area contributed by atoms with Gasteiger partial charge in [-0.15, -0.1) is 0 Å². The smallest absolute Gasteiger partial charge is 0.142 e. The van der Waals surface area contributed by atoms with E-state index in [-0.39, 0.29) is 18.1 Å². The van der Waals surface area contributed by atoms with Gasteiger partial charge in [-0.25, -0.2) is 0 Å². The molecular formula is C32H48N2O7. The molecule has 1 fully saturated rings. The number of methoxy groups -OCH3 is 2. The van der Waals surface area contributed by atoms with Gasteiger partial charge in [-0.3, -0.25) is 0 Å².